The van der Waals surface area contributed by atoms with E-state index in [-0.39, 0.29) is 5.91 Å². The van der Waals surface area contributed by atoms with Crippen LogP contribution in [0.1, 0.15) is 10.4 Å². The van der Waals surface area contributed by atoms with Crippen molar-refractivity contribution in [2.75, 3.05) is 31.1 Å². The van der Waals surface area contributed by atoms with Crippen LogP contribution in [0.4, 0.5) is 5.82 Å². The third-order valence-electron chi connectivity index (χ3n) is 4.50. The van der Waals surface area contributed by atoms with Gasteiger partial charge >= 0.3 is 0 Å². The summed E-state index contributed by atoms with van der Waals surface area (Å²) in [4.78, 5) is 22.6. The van der Waals surface area contributed by atoms with Crippen molar-refractivity contribution in [3.8, 4) is 0 Å². The van der Waals surface area contributed by atoms with Gasteiger partial charge in [0.05, 0.1) is 18.2 Å². The van der Waals surface area contributed by atoms with E-state index in [2.05, 4.69) is 21.3 Å². The van der Waals surface area contributed by atoms with E-state index in [1.165, 1.54) is 10.4 Å². The molecule has 1 saturated heterocycles. The van der Waals surface area contributed by atoms with Crippen molar-refractivity contribution in [1.29, 1.82) is 0 Å². The molecule has 0 N–H and O–H groups in total. The summed E-state index contributed by atoms with van der Waals surface area (Å²) < 4.78 is 5.75. The maximum atomic E-state index is 12.9. The molecule has 0 spiro atoms. The fourth-order valence-corrected chi connectivity index (χ4v) is 4.20. The highest BCUT2D eigenvalue weighted by Gasteiger charge is 2.32. The molecule has 4 rings (SSSR count). The zero-order valence-electron chi connectivity index (χ0n) is 13.2. The molecule has 0 saturated carbocycles. The Morgan fingerprint density at radius 3 is 3.08 bits per heavy atom. The van der Waals surface area contributed by atoms with Crippen molar-refractivity contribution in [3.63, 3.8) is 0 Å². The van der Waals surface area contributed by atoms with E-state index in [0.29, 0.717) is 24.7 Å². The third-order valence-corrected chi connectivity index (χ3v) is 5.74. The summed E-state index contributed by atoms with van der Waals surface area (Å²) in [7, 11) is 0. The number of morpholine rings is 1. The molecule has 4 heterocycles. The average molecular weight is 364 g/mol. The van der Waals surface area contributed by atoms with Gasteiger partial charge in [-0.05, 0) is 35.6 Å². The fraction of sp³-hybridized carbons (Fsp3) is 0.412. The lowest BCUT2D eigenvalue weighted by Crippen LogP contribution is -2.52. The third kappa shape index (κ3) is 3.14. The van der Waals surface area contributed by atoms with E-state index in [0.717, 1.165) is 25.3 Å². The average Bonchev–Trinajstić information content (AvgIpc) is 3.09. The lowest BCUT2D eigenvalue weighted by atomic mass is 10.1. The Morgan fingerprint density at radius 1 is 1.33 bits per heavy atom. The normalized spacial score (nSPS) is 20.8. The molecule has 0 radical (unpaired) electrons. The van der Waals surface area contributed by atoms with Crippen LogP contribution >= 0.6 is 22.9 Å². The summed E-state index contributed by atoms with van der Waals surface area (Å²) in [6, 6.07) is 5.82. The number of aromatic nitrogens is 1. The van der Waals surface area contributed by atoms with Gasteiger partial charge in [0, 0.05) is 30.7 Å². The highest BCUT2D eigenvalue weighted by atomic mass is 35.5. The van der Waals surface area contributed by atoms with Crippen LogP contribution in [0.5, 0.6) is 0 Å². The number of pyridine rings is 1. The number of carbonyl (C=O) groups excluding carboxylic acids is 1. The molecular weight excluding hydrogens is 346 g/mol. The van der Waals surface area contributed by atoms with E-state index >= 15 is 0 Å². The number of thiophene rings is 1. The molecule has 24 heavy (non-hydrogen) atoms. The molecule has 5 nitrogen and oxygen atoms in total. The largest absolute Gasteiger partial charge is 0.365 e. The molecule has 1 atom stereocenters. The lowest BCUT2D eigenvalue weighted by molar-refractivity contribution is -0.145. The van der Waals surface area contributed by atoms with Crippen LogP contribution in [0.25, 0.3) is 0 Å². The number of hydrogen-bond acceptors (Lipinski definition) is 5. The van der Waals surface area contributed by atoms with Gasteiger partial charge in [-0.25, -0.2) is 4.98 Å². The second-order valence-electron chi connectivity index (χ2n) is 6.02. The van der Waals surface area contributed by atoms with E-state index in [9.17, 15) is 4.79 Å². The van der Waals surface area contributed by atoms with Gasteiger partial charge in [-0.3, -0.25) is 4.79 Å². The number of nitrogens with zero attached hydrogens (tertiary/aromatic N) is 3. The molecule has 1 unspecified atom stereocenters. The number of hydrogen-bond donors (Lipinski definition) is 0. The van der Waals surface area contributed by atoms with Crippen LogP contribution in [0, 0.1) is 0 Å². The number of amides is 1. The van der Waals surface area contributed by atoms with Crippen LogP contribution in [-0.4, -0.2) is 48.1 Å². The summed E-state index contributed by atoms with van der Waals surface area (Å²) in [5.74, 6) is 0.907. The van der Waals surface area contributed by atoms with Crippen molar-refractivity contribution in [2.45, 2.75) is 19.1 Å². The molecule has 1 fully saturated rings. The first-order valence-corrected chi connectivity index (χ1v) is 9.28. The molecule has 2 aromatic heterocycles. The highest BCUT2D eigenvalue weighted by molar-refractivity contribution is 7.10. The summed E-state index contributed by atoms with van der Waals surface area (Å²) >= 11 is 7.67. The van der Waals surface area contributed by atoms with Crippen molar-refractivity contribution >= 4 is 34.7 Å². The minimum atomic E-state index is -0.434. The van der Waals surface area contributed by atoms with Gasteiger partial charge in [0.25, 0.3) is 5.91 Å². The lowest BCUT2D eigenvalue weighted by Gasteiger charge is -2.36. The Morgan fingerprint density at radius 2 is 2.25 bits per heavy atom. The number of halogens is 1. The van der Waals surface area contributed by atoms with Crippen molar-refractivity contribution in [2.24, 2.45) is 0 Å². The molecule has 0 aliphatic carbocycles. The Balaban J connectivity index is 1.44. The molecule has 2 aromatic rings. The minimum absolute atomic E-state index is 0.0745. The standard InChI is InChI=1S/C17H18ClN3O2S/c18-13-1-2-16(19-9-13)20-6-7-23-14(11-20)17(22)21-5-3-15-12(10-21)4-8-24-15/h1-2,4,8-9,14H,3,5-7,10-11H2. The van der Waals surface area contributed by atoms with Crippen molar-refractivity contribution in [1.82, 2.24) is 9.88 Å². The first-order valence-electron chi connectivity index (χ1n) is 8.03. The number of fused-ring (bicyclic) bond motifs is 1. The Bertz CT molecular complexity index is 734. The molecule has 7 heteroatoms. The molecule has 2 aliphatic rings. The zero-order valence-corrected chi connectivity index (χ0v) is 14.7. The van der Waals surface area contributed by atoms with Crippen molar-refractivity contribution < 1.29 is 9.53 Å². The van der Waals surface area contributed by atoms with E-state index < -0.39 is 6.10 Å². The van der Waals surface area contributed by atoms with Gasteiger partial charge in [-0.1, -0.05) is 11.6 Å². The molecule has 0 bridgehead atoms. The van der Waals surface area contributed by atoms with E-state index in [4.69, 9.17) is 16.3 Å². The monoisotopic (exact) mass is 363 g/mol. The second kappa shape index (κ2) is 6.70. The number of carbonyl (C=O) groups is 1. The number of ether oxygens (including phenoxy) is 1. The topological polar surface area (TPSA) is 45.7 Å². The SMILES string of the molecule is O=C(C1CN(c2ccc(Cl)cn2)CCO1)N1CCc2sccc2C1. The van der Waals surface area contributed by atoms with E-state index in [1.54, 1.807) is 17.5 Å². The van der Waals surface area contributed by atoms with Gasteiger partial charge in [0.15, 0.2) is 6.10 Å². The van der Waals surface area contributed by atoms with Crippen molar-refractivity contribution in [3.05, 3.63) is 45.2 Å². The zero-order chi connectivity index (χ0) is 16.5. The summed E-state index contributed by atoms with van der Waals surface area (Å²) in [6.45, 7) is 3.24. The molecule has 126 valence electrons. The van der Waals surface area contributed by atoms with E-state index in [1.807, 2.05) is 17.0 Å². The highest BCUT2D eigenvalue weighted by Crippen LogP contribution is 2.25. The summed E-state index contributed by atoms with van der Waals surface area (Å²) in [5.41, 5.74) is 1.27. The Hall–Kier alpha value is -1.63. The van der Waals surface area contributed by atoms with Crippen LogP contribution in [0.15, 0.2) is 29.8 Å². The fourth-order valence-electron chi connectivity index (χ4n) is 3.20. The van der Waals surface area contributed by atoms with Crippen LogP contribution in [-0.2, 0) is 22.5 Å². The van der Waals surface area contributed by atoms with Crippen LogP contribution in [0.2, 0.25) is 5.02 Å². The maximum absolute atomic E-state index is 12.9. The predicted molar refractivity (Wildman–Crippen MR) is 94.6 cm³/mol. The summed E-state index contributed by atoms with van der Waals surface area (Å²) in [6.07, 6.45) is 2.14. The first kappa shape index (κ1) is 15.9. The van der Waals surface area contributed by atoms with Gasteiger partial charge < -0.3 is 14.5 Å². The van der Waals surface area contributed by atoms with Gasteiger partial charge in [-0.15, -0.1) is 11.3 Å². The molecule has 2 aliphatic heterocycles. The molecule has 0 aromatic carbocycles. The Kier molecular flexibility index (Phi) is 4.43. The second-order valence-corrected chi connectivity index (χ2v) is 7.46. The van der Waals surface area contributed by atoms with Gasteiger partial charge in [0.1, 0.15) is 5.82 Å². The molecular formula is C17H18ClN3O2S. The quantitative estimate of drug-likeness (QED) is 0.822. The van der Waals surface area contributed by atoms with Crippen LogP contribution < -0.4 is 4.90 Å². The Labute approximate surface area is 149 Å². The maximum Gasteiger partial charge on any atom is 0.253 e. The van der Waals surface area contributed by atoms with Gasteiger partial charge in [0.2, 0.25) is 0 Å². The predicted octanol–water partition coefficient (Wildman–Crippen LogP) is 2.59. The van der Waals surface area contributed by atoms with Crippen LogP contribution in [0.3, 0.4) is 0 Å². The number of rotatable bonds is 2. The first-order chi connectivity index (χ1) is 11.7. The van der Waals surface area contributed by atoms with Gasteiger partial charge in [-0.2, -0.15) is 0 Å². The minimum Gasteiger partial charge on any atom is -0.365 e. The molecule has 1 amide bonds. The smallest absolute Gasteiger partial charge is 0.253 e. The summed E-state index contributed by atoms with van der Waals surface area (Å²) in [5, 5.41) is 2.71. The number of anilines is 1.